The van der Waals surface area contributed by atoms with E-state index in [-0.39, 0.29) is 22.4 Å². The fourth-order valence-corrected chi connectivity index (χ4v) is 1.88. The van der Waals surface area contributed by atoms with Crippen LogP contribution in [0.15, 0.2) is 22.7 Å². The van der Waals surface area contributed by atoms with Crippen LogP contribution < -0.4 is 5.32 Å². The molecule has 0 aromatic heterocycles. The summed E-state index contributed by atoms with van der Waals surface area (Å²) in [7, 11) is 0. The van der Waals surface area contributed by atoms with E-state index >= 15 is 0 Å². The quantitative estimate of drug-likeness (QED) is 0.884. The highest BCUT2D eigenvalue weighted by Gasteiger charge is 2.33. The molecule has 0 radical (unpaired) electrons. The minimum absolute atomic E-state index is 0.141. The average molecular weight is 366 g/mol. The third kappa shape index (κ3) is 4.84. The molecule has 1 aromatic rings. The number of amides is 1. The Morgan fingerprint density at radius 1 is 1.19 bits per heavy atom. The molecule has 1 amide bonds. The number of nitrogens with one attached hydrogen (secondary N) is 1. The highest BCUT2D eigenvalue weighted by molar-refractivity contribution is 9.10. The highest BCUT2D eigenvalue weighted by Crippen LogP contribution is 2.35. The maximum absolute atomic E-state index is 12.7. The van der Waals surface area contributed by atoms with E-state index in [4.69, 9.17) is 0 Å². The van der Waals surface area contributed by atoms with Crippen LogP contribution in [-0.2, 0) is 11.0 Å². The van der Waals surface area contributed by atoms with E-state index < -0.39 is 23.1 Å². The summed E-state index contributed by atoms with van der Waals surface area (Å²) in [5, 5.41) is 2.33. The minimum atomic E-state index is -4.56. The molecule has 3 nitrogen and oxygen atoms in total. The van der Waals surface area contributed by atoms with Crippen LogP contribution in [0, 0.1) is 5.41 Å². The van der Waals surface area contributed by atoms with E-state index in [0.29, 0.717) is 0 Å². The van der Waals surface area contributed by atoms with Gasteiger partial charge in [-0.15, -0.1) is 0 Å². The van der Waals surface area contributed by atoms with Gasteiger partial charge in [0.15, 0.2) is 5.78 Å². The molecule has 0 unspecified atom stereocenters. The molecule has 116 valence electrons. The normalized spacial score (nSPS) is 12.1. The Balaban J connectivity index is 2.88. The lowest BCUT2D eigenvalue weighted by atomic mass is 9.91. The van der Waals surface area contributed by atoms with Gasteiger partial charge in [-0.2, -0.15) is 13.2 Å². The summed E-state index contributed by atoms with van der Waals surface area (Å²) in [6, 6.07) is 3.17. The van der Waals surface area contributed by atoms with Crippen molar-refractivity contribution >= 4 is 27.6 Å². The number of halogens is 4. The number of ketones is 1. The predicted molar refractivity (Wildman–Crippen MR) is 75.9 cm³/mol. The molecule has 7 heteroatoms. The number of carbonyl (C=O) groups excluding carboxylic acids is 2. The maximum atomic E-state index is 12.7. The molecule has 0 aliphatic heterocycles. The van der Waals surface area contributed by atoms with Gasteiger partial charge >= 0.3 is 6.18 Å². The highest BCUT2D eigenvalue weighted by atomic mass is 79.9. The Hall–Kier alpha value is -1.37. The van der Waals surface area contributed by atoms with Crippen molar-refractivity contribution < 1.29 is 22.8 Å². The molecular weight excluding hydrogens is 351 g/mol. The summed E-state index contributed by atoms with van der Waals surface area (Å²) >= 11 is 2.80. The number of hydrogen-bond acceptors (Lipinski definition) is 2. The first-order chi connectivity index (χ1) is 9.43. The fourth-order valence-electron chi connectivity index (χ4n) is 1.41. The molecule has 0 saturated heterocycles. The number of rotatable bonds is 3. The standard InChI is InChI=1S/C14H15BrF3NO2/c1-13(2,3)11(20)7-19-12(21)8-4-5-10(15)9(6-8)14(16,17)18/h4-6H,7H2,1-3H3,(H,19,21). The summed E-state index contributed by atoms with van der Waals surface area (Å²) in [4.78, 5) is 23.5. The van der Waals surface area contributed by atoms with E-state index in [1.54, 1.807) is 20.8 Å². The Morgan fingerprint density at radius 2 is 1.76 bits per heavy atom. The predicted octanol–water partition coefficient (Wildman–Crippen LogP) is 3.81. The van der Waals surface area contributed by atoms with E-state index in [2.05, 4.69) is 21.2 Å². The fraction of sp³-hybridized carbons (Fsp3) is 0.429. The number of benzene rings is 1. The average Bonchev–Trinajstić information content (AvgIpc) is 2.33. The zero-order chi connectivity index (χ0) is 16.4. The van der Waals surface area contributed by atoms with Gasteiger partial charge in [-0.25, -0.2) is 0 Å². The van der Waals surface area contributed by atoms with Gasteiger partial charge in [0.2, 0.25) is 0 Å². The molecule has 0 fully saturated rings. The number of Topliss-reactive ketones (excluding diaryl/α,β-unsaturated/α-hetero) is 1. The second kappa shape index (κ2) is 6.17. The van der Waals surface area contributed by atoms with Gasteiger partial charge in [0, 0.05) is 15.5 Å². The van der Waals surface area contributed by atoms with Crippen LogP contribution in [-0.4, -0.2) is 18.2 Å². The third-order valence-corrected chi connectivity index (χ3v) is 3.47. The molecule has 0 spiro atoms. The molecule has 1 aromatic carbocycles. The summed E-state index contributed by atoms with van der Waals surface area (Å²) < 4.78 is 38.1. The van der Waals surface area contributed by atoms with Gasteiger partial charge in [0.05, 0.1) is 12.1 Å². The van der Waals surface area contributed by atoms with Crippen LogP contribution in [0.4, 0.5) is 13.2 Å². The van der Waals surface area contributed by atoms with Crippen molar-refractivity contribution in [2.45, 2.75) is 26.9 Å². The van der Waals surface area contributed by atoms with Crippen molar-refractivity contribution in [2.24, 2.45) is 5.41 Å². The summed E-state index contributed by atoms with van der Waals surface area (Å²) in [5.74, 6) is -0.922. The molecule has 0 aliphatic carbocycles. The van der Waals surface area contributed by atoms with Crippen LogP contribution in [0.5, 0.6) is 0 Å². The smallest absolute Gasteiger partial charge is 0.345 e. The van der Waals surface area contributed by atoms with Crippen molar-refractivity contribution in [2.75, 3.05) is 6.54 Å². The van der Waals surface area contributed by atoms with Crippen LogP contribution >= 0.6 is 15.9 Å². The van der Waals surface area contributed by atoms with Crippen molar-refractivity contribution in [1.82, 2.24) is 5.32 Å². The molecule has 0 heterocycles. The van der Waals surface area contributed by atoms with Crippen LogP contribution in [0.1, 0.15) is 36.7 Å². The van der Waals surface area contributed by atoms with Gasteiger partial charge in [-0.05, 0) is 18.2 Å². The first-order valence-electron chi connectivity index (χ1n) is 6.11. The topological polar surface area (TPSA) is 46.2 Å². The van der Waals surface area contributed by atoms with E-state index in [9.17, 15) is 22.8 Å². The summed E-state index contributed by atoms with van der Waals surface area (Å²) in [5.41, 5.74) is -1.70. The van der Waals surface area contributed by atoms with Crippen molar-refractivity contribution in [3.8, 4) is 0 Å². The molecule has 0 aliphatic rings. The molecule has 0 bridgehead atoms. The molecule has 1 rings (SSSR count). The molecular formula is C14H15BrF3NO2. The lowest BCUT2D eigenvalue weighted by Gasteiger charge is -2.17. The monoisotopic (exact) mass is 365 g/mol. The number of carbonyl (C=O) groups is 2. The van der Waals surface area contributed by atoms with Crippen molar-refractivity contribution in [3.63, 3.8) is 0 Å². The zero-order valence-corrected chi connectivity index (χ0v) is 13.4. The molecule has 0 atom stereocenters. The molecule has 21 heavy (non-hydrogen) atoms. The first-order valence-corrected chi connectivity index (χ1v) is 6.90. The number of alkyl halides is 3. The second-order valence-electron chi connectivity index (χ2n) is 5.55. The van der Waals surface area contributed by atoms with Crippen LogP contribution in [0.2, 0.25) is 0 Å². The van der Waals surface area contributed by atoms with Crippen LogP contribution in [0.3, 0.4) is 0 Å². The second-order valence-corrected chi connectivity index (χ2v) is 6.40. The van der Waals surface area contributed by atoms with Gasteiger partial charge in [-0.3, -0.25) is 9.59 Å². The Morgan fingerprint density at radius 3 is 2.24 bits per heavy atom. The SMILES string of the molecule is CC(C)(C)C(=O)CNC(=O)c1ccc(Br)c(C(F)(F)F)c1. The van der Waals surface area contributed by atoms with Crippen LogP contribution in [0.25, 0.3) is 0 Å². The van der Waals surface area contributed by atoms with E-state index in [1.807, 2.05) is 0 Å². The van der Waals surface area contributed by atoms with Crippen molar-refractivity contribution in [1.29, 1.82) is 0 Å². The van der Waals surface area contributed by atoms with Gasteiger partial charge < -0.3 is 5.32 Å². The molecule has 0 saturated carbocycles. The maximum Gasteiger partial charge on any atom is 0.417 e. The van der Waals surface area contributed by atoms with E-state index in [0.717, 1.165) is 12.1 Å². The first kappa shape index (κ1) is 17.7. The summed E-state index contributed by atoms with van der Waals surface area (Å²) in [6.07, 6.45) is -4.56. The minimum Gasteiger partial charge on any atom is -0.345 e. The van der Waals surface area contributed by atoms with Gasteiger partial charge in [0.25, 0.3) is 5.91 Å². The van der Waals surface area contributed by atoms with E-state index in [1.165, 1.54) is 6.07 Å². The molecule has 1 N–H and O–H groups in total. The summed E-state index contributed by atoms with van der Waals surface area (Å²) in [6.45, 7) is 4.87. The Kier molecular flexibility index (Phi) is 5.20. The number of hydrogen-bond donors (Lipinski definition) is 1. The van der Waals surface area contributed by atoms with Gasteiger partial charge in [0.1, 0.15) is 0 Å². The van der Waals surface area contributed by atoms with Crippen molar-refractivity contribution in [3.05, 3.63) is 33.8 Å². The third-order valence-electron chi connectivity index (χ3n) is 2.78. The Bertz CT molecular complexity index is 562. The van der Waals surface area contributed by atoms with Gasteiger partial charge in [-0.1, -0.05) is 36.7 Å². The Labute approximate surface area is 129 Å². The largest absolute Gasteiger partial charge is 0.417 e. The lowest BCUT2D eigenvalue weighted by Crippen LogP contribution is -2.35. The zero-order valence-electron chi connectivity index (χ0n) is 11.8. The lowest BCUT2D eigenvalue weighted by molar-refractivity contribution is -0.138.